The first-order valence-electron chi connectivity index (χ1n) is 5.38. The van der Waals surface area contributed by atoms with Crippen LogP contribution in [0.4, 0.5) is 0 Å². The molecule has 0 bridgehead atoms. The van der Waals surface area contributed by atoms with Crippen LogP contribution in [0, 0.1) is 6.42 Å². The van der Waals surface area contributed by atoms with Gasteiger partial charge in [0.2, 0.25) is 0 Å². The van der Waals surface area contributed by atoms with Crippen molar-refractivity contribution >= 4 is 10.2 Å². The van der Waals surface area contributed by atoms with E-state index in [0.29, 0.717) is 13.1 Å². The van der Waals surface area contributed by atoms with Gasteiger partial charge in [-0.15, -0.1) is 0 Å². The Morgan fingerprint density at radius 3 is 2.40 bits per heavy atom. The topological polar surface area (TPSA) is 52.7 Å². The first kappa shape index (κ1) is 11.3. The molecule has 0 aromatic heterocycles. The minimum absolute atomic E-state index is 0.140. The molecule has 2 saturated heterocycles. The molecule has 2 aliphatic rings. The van der Waals surface area contributed by atoms with E-state index in [9.17, 15) is 8.42 Å². The number of piperidine rings is 1. The molecule has 2 fully saturated rings. The summed E-state index contributed by atoms with van der Waals surface area (Å²) in [5, 5.41) is 3.09. The van der Waals surface area contributed by atoms with Gasteiger partial charge in [0.25, 0.3) is 10.2 Å². The standard InChI is InChI=1S/C9H18N3O2S/c1-11(9-7-10-8-9)15(13,14)12-5-3-2-4-6-12/h2,9-10H,3-8H2,1H3. The molecule has 0 unspecified atom stereocenters. The van der Waals surface area contributed by atoms with Gasteiger partial charge in [-0.05, 0) is 19.3 Å². The highest BCUT2D eigenvalue weighted by atomic mass is 32.2. The van der Waals surface area contributed by atoms with E-state index in [1.165, 1.54) is 4.31 Å². The lowest BCUT2D eigenvalue weighted by Gasteiger charge is -2.38. The van der Waals surface area contributed by atoms with E-state index in [-0.39, 0.29) is 6.04 Å². The summed E-state index contributed by atoms with van der Waals surface area (Å²) in [4.78, 5) is 0. The number of hydrogen-bond acceptors (Lipinski definition) is 3. The zero-order valence-electron chi connectivity index (χ0n) is 9.02. The van der Waals surface area contributed by atoms with Gasteiger partial charge >= 0.3 is 0 Å². The average molecular weight is 232 g/mol. The van der Waals surface area contributed by atoms with Gasteiger partial charge in [-0.3, -0.25) is 0 Å². The summed E-state index contributed by atoms with van der Waals surface area (Å²) < 4.78 is 27.4. The van der Waals surface area contributed by atoms with E-state index in [1.54, 1.807) is 11.4 Å². The molecule has 2 aliphatic heterocycles. The minimum atomic E-state index is -3.22. The van der Waals surface area contributed by atoms with Crippen molar-refractivity contribution in [3.05, 3.63) is 6.42 Å². The van der Waals surface area contributed by atoms with Crippen LogP contribution in [-0.2, 0) is 10.2 Å². The van der Waals surface area contributed by atoms with Crippen LogP contribution in [0.25, 0.3) is 0 Å². The number of rotatable bonds is 3. The molecule has 0 spiro atoms. The summed E-state index contributed by atoms with van der Waals surface area (Å²) in [5.41, 5.74) is 0. The highest BCUT2D eigenvalue weighted by Crippen LogP contribution is 2.17. The average Bonchev–Trinajstić information content (AvgIpc) is 2.16. The molecule has 1 N–H and O–H groups in total. The fourth-order valence-corrected chi connectivity index (χ4v) is 3.42. The predicted octanol–water partition coefficient (Wildman–Crippen LogP) is -0.565. The van der Waals surface area contributed by atoms with Crippen molar-refractivity contribution in [2.45, 2.75) is 18.9 Å². The Morgan fingerprint density at radius 1 is 1.33 bits per heavy atom. The second-order valence-electron chi connectivity index (χ2n) is 4.10. The lowest BCUT2D eigenvalue weighted by atomic mass is 10.2. The predicted molar refractivity (Wildman–Crippen MR) is 58.4 cm³/mol. The second kappa shape index (κ2) is 4.37. The number of likely N-dealkylation sites (N-methyl/N-ethyl adjacent to an activating group) is 1. The van der Waals surface area contributed by atoms with Gasteiger partial charge in [0.15, 0.2) is 0 Å². The van der Waals surface area contributed by atoms with Gasteiger partial charge in [-0.25, -0.2) is 0 Å². The molecule has 87 valence electrons. The second-order valence-corrected chi connectivity index (χ2v) is 6.09. The SMILES string of the molecule is CN(C1CNC1)S(=O)(=O)N1CC[CH]CC1. The molecule has 5 nitrogen and oxygen atoms in total. The quantitative estimate of drug-likeness (QED) is 0.709. The molecule has 0 aromatic rings. The van der Waals surface area contributed by atoms with E-state index in [0.717, 1.165) is 25.9 Å². The normalized spacial score (nSPS) is 25.5. The highest BCUT2D eigenvalue weighted by Gasteiger charge is 2.35. The summed E-state index contributed by atoms with van der Waals surface area (Å²) in [6, 6.07) is 0.140. The summed E-state index contributed by atoms with van der Waals surface area (Å²) in [6.45, 7) is 2.81. The molecule has 0 saturated carbocycles. The van der Waals surface area contributed by atoms with Crippen LogP contribution < -0.4 is 5.32 Å². The Morgan fingerprint density at radius 2 is 1.93 bits per heavy atom. The van der Waals surface area contributed by atoms with Crippen molar-refractivity contribution in [3.63, 3.8) is 0 Å². The Labute approximate surface area is 91.6 Å². The van der Waals surface area contributed by atoms with Crippen LogP contribution >= 0.6 is 0 Å². The van der Waals surface area contributed by atoms with Crippen LogP contribution in [0.15, 0.2) is 0 Å². The molecule has 0 aliphatic carbocycles. The molecule has 2 heterocycles. The third-order valence-corrected chi connectivity index (χ3v) is 5.17. The Kier molecular flexibility index (Phi) is 3.30. The van der Waals surface area contributed by atoms with Crippen LogP contribution in [0.2, 0.25) is 0 Å². The van der Waals surface area contributed by atoms with Crippen molar-refractivity contribution in [1.29, 1.82) is 0 Å². The third-order valence-electron chi connectivity index (χ3n) is 3.13. The van der Waals surface area contributed by atoms with E-state index < -0.39 is 10.2 Å². The largest absolute Gasteiger partial charge is 0.313 e. The van der Waals surface area contributed by atoms with Crippen LogP contribution in [0.5, 0.6) is 0 Å². The van der Waals surface area contributed by atoms with Gasteiger partial charge in [-0.2, -0.15) is 17.0 Å². The number of nitrogens with zero attached hydrogens (tertiary/aromatic N) is 2. The molecular weight excluding hydrogens is 214 g/mol. The Balaban J connectivity index is 2.03. The first-order valence-corrected chi connectivity index (χ1v) is 6.77. The zero-order valence-corrected chi connectivity index (χ0v) is 9.83. The third kappa shape index (κ3) is 2.18. The van der Waals surface area contributed by atoms with Gasteiger partial charge in [-0.1, -0.05) is 0 Å². The molecule has 1 radical (unpaired) electrons. The Hall–Kier alpha value is -0.170. The van der Waals surface area contributed by atoms with Crippen LogP contribution in [0.1, 0.15) is 12.8 Å². The summed E-state index contributed by atoms with van der Waals surface area (Å²) in [6.07, 6.45) is 3.89. The summed E-state index contributed by atoms with van der Waals surface area (Å²) >= 11 is 0. The molecular formula is C9H18N3O2S. The van der Waals surface area contributed by atoms with E-state index in [1.807, 2.05) is 0 Å². The van der Waals surface area contributed by atoms with E-state index >= 15 is 0 Å². The van der Waals surface area contributed by atoms with Gasteiger partial charge < -0.3 is 5.32 Å². The van der Waals surface area contributed by atoms with Crippen molar-refractivity contribution in [3.8, 4) is 0 Å². The van der Waals surface area contributed by atoms with Gasteiger partial charge in [0.05, 0.1) is 6.04 Å². The summed E-state index contributed by atoms with van der Waals surface area (Å²) in [7, 11) is -1.54. The summed E-state index contributed by atoms with van der Waals surface area (Å²) in [5.74, 6) is 0. The monoisotopic (exact) mass is 232 g/mol. The molecule has 2 rings (SSSR count). The minimum Gasteiger partial charge on any atom is -0.313 e. The smallest absolute Gasteiger partial charge is 0.282 e. The maximum atomic E-state index is 12.1. The van der Waals surface area contributed by atoms with E-state index in [2.05, 4.69) is 11.7 Å². The van der Waals surface area contributed by atoms with Crippen molar-refractivity contribution in [2.75, 3.05) is 33.2 Å². The number of hydrogen-bond donors (Lipinski definition) is 1. The van der Waals surface area contributed by atoms with E-state index in [4.69, 9.17) is 0 Å². The molecule has 0 aromatic carbocycles. The van der Waals surface area contributed by atoms with Crippen molar-refractivity contribution in [1.82, 2.24) is 13.9 Å². The van der Waals surface area contributed by atoms with Gasteiger partial charge in [0, 0.05) is 33.2 Å². The van der Waals surface area contributed by atoms with Crippen LogP contribution in [-0.4, -0.2) is 56.3 Å². The maximum absolute atomic E-state index is 12.1. The lowest BCUT2D eigenvalue weighted by Crippen LogP contribution is -2.60. The molecule has 0 amide bonds. The molecule has 0 atom stereocenters. The van der Waals surface area contributed by atoms with Crippen molar-refractivity contribution in [2.24, 2.45) is 0 Å². The molecule has 6 heteroatoms. The zero-order chi connectivity index (χ0) is 10.9. The van der Waals surface area contributed by atoms with Crippen molar-refractivity contribution < 1.29 is 8.42 Å². The highest BCUT2D eigenvalue weighted by molar-refractivity contribution is 7.86. The maximum Gasteiger partial charge on any atom is 0.282 e. The number of nitrogens with one attached hydrogen (secondary N) is 1. The van der Waals surface area contributed by atoms with Gasteiger partial charge in [0.1, 0.15) is 0 Å². The first-order chi connectivity index (χ1) is 7.12. The molecule has 15 heavy (non-hydrogen) atoms. The fraction of sp³-hybridized carbons (Fsp3) is 0.889. The van der Waals surface area contributed by atoms with Crippen LogP contribution in [0.3, 0.4) is 0 Å². The lowest BCUT2D eigenvalue weighted by molar-refractivity contribution is 0.249. The fourth-order valence-electron chi connectivity index (χ4n) is 1.86. The Bertz CT molecular complexity index is 299.